The van der Waals surface area contributed by atoms with Crippen LogP contribution < -0.4 is 11.0 Å². The Balaban J connectivity index is 1.87. The van der Waals surface area contributed by atoms with Gasteiger partial charge in [-0.1, -0.05) is 24.3 Å². The number of amides is 1. The topological polar surface area (TPSA) is 83.7 Å². The minimum absolute atomic E-state index is 0.0773. The molecule has 1 amide bonds. The van der Waals surface area contributed by atoms with Crippen LogP contribution in [0.2, 0.25) is 0 Å². The quantitative estimate of drug-likeness (QED) is 0.505. The normalized spacial score (nSPS) is 14.4. The van der Waals surface area contributed by atoms with Crippen LogP contribution in [0.1, 0.15) is 24.0 Å². The molecule has 0 saturated heterocycles. The van der Waals surface area contributed by atoms with E-state index in [2.05, 4.69) is 10.5 Å². The van der Waals surface area contributed by atoms with Crippen molar-refractivity contribution >= 4 is 22.9 Å². The maximum Gasteiger partial charge on any atom is 0.416 e. The number of aromatic nitrogens is 1. The molecule has 6 nitrogen and oxygen atoms in total. The molecule has 2 N–H and O–H groups in total. The van der Waals surface area contributed by atoms with E-state index < -0.39 is 23.2 Å². The maximum absolute atomic E-state index is 13.1. The van der Waals surface area contributed by atoms with Gasteiger partial charge in [-0.25, -0.2) is 9.99 Å². The van der Waals surface area contributed by atoms with Gasteiger partial charge < -0.3 is 5.11 Å². The summed E-state index contributed by atoms with van der Waals surface area (Å²) in [5, 5.41) is 15.2. The fourth-order valence-corrected chi connectivity index (χ4v) is 3.15. The SMILES string of the molecule is O=C(N/N=C/c1c(O)n(-c2cccc(C(F)(F)F)c2)c(=O)c2ccccc12)C1CC1. The molecule has 0 unspecified atom stereocenters. The first-order chi connectivity index (χ1) is 14.3. The lowest BCUT2D eigenvalue weighted by molar-refractivity contribution is -0.137. The molecular formula is C21H16F3N3O3. The summed E-state index contributed by atoms with van der Waals surface area (Å²) < 4.78 is 40.1. The number of carbonyl (C=O) groups excluding carboxylic acids is 1. The van der Waals surface area contributed by atoms with Crippen molar-refractivity contribution in [3.63, 3.8) is 0 Å². The number of halogens is 3. The van der Waals surface area contributed by atoms with E-state index in [-0.39, 0.29) is 28.5 Å². The van der Waals surface area contributed by atoms with Crippen LogP contribution in [0.5, 0.6) is 5.88 Å². The van der Waals surface area contributed by atoms with E-state index in [0.717, 1.165) is 35.6 Å². The predicted molar refractivity (Wildman–Crippen MR) is 105 cm³/mol. The minimum atomic E-state index is -4.61. The van der Waals surface area contributed by atoms with Crippen molar-refractivity contribution in [1.29, 1.82) is 0 Å². The van der Waals surface area contributed by atoms with Gasteiger partial charge in [-0.2, -0.15) is 18.3 Å². The molecule has 1 fully saturated rings. The Bertz CT molecular complexity index is 1230. The van der Waals surface area contributed by atoms with E-state index in [9.17, 15) is 27.9 Å². The van der Waals surface area contributed by atoms with Crippen LogP contribution in [0.25, 0.3) is 16.5 Å². The molecule has 0 radical (unpaired) electrons. The van der Waals surface area contributed by atoms with Crippen molar-refractivity contribution in [3.8, 4) is 11.6 Å². The minimum Gasteiger partial charge on any atom is -0.494 e. The second-order valence-electron chi connectivity index (χ2n) is 6.98. The van der Waals surface area contributed by atoms with Gasteiger partial charge in [0.15, 0.2) is 0 Å². The smallest absolute Gasteiger partial charge is 0.416 e. The summed E-state index contributed by atoms with van der Waals surface area (Å²) in [6, 6.07) is 10.4. The van der Waals surface area contributed by atoms with Crippen molar-refractivity contribution in [2.24, 2.45) is 11.0 Å². The molecule has 1 heterocycles. The van der Waals surface area contributed by atoms with E-state index in [1.165, 1.54) is 18.3 Å². The summed E-state index contributed by atoms with van der Waals surface area (Å²) in [6.45, 7) is 0. The highest BCUT2D eigenvalue weighted by molar-refractivity contribution is 6.02. The maximum atomic E-state index is 13.1. The van der Waals surface area contributed by atoms with Crippen LogP contribution in [-0.2, 0) is 11.0 Å². The number of rotatable bonds is 4. The first-order valence-electron chi connectivity index (χ1n) is 9.14. The fraction of sp³-hybridized carbons (Fsp3) is 0.190. The molecule has 1 saturated carbocycles. The van der Waals surface area contributed by atoms with Gasteiger partial charge in [-0.15, -0.1) is 0 Å². The van der Waals surface area contributed by atoms with Crippen molar-refractivity contribution < 1.29 is 23.1 Å². The molecule has 0 bridgehead atoms. The molecule has 1 aliphatic carbocycles. The first kappa shape index (κ1) is 19.7. The largest absolute Gasteiger partial charge is 0.494 e. The lowest BCUT2D eigenvalue weighted by Gasteiger charge is -2.15. The van der Waals surface area contributed by atoms with E-state index in [4.69, 9.17) is 0 Å². The molecule has 0 atom stereocenters. The Labute approximate surface area is 168 Å². The number of pyridine rings is 1. The predicted octanol–water partition coefficient (Wildman–Crippen LogP) is 3.58. The van der Waals surface area contributed by atoms with Gasteiger partial charge in [0.2, 0.25) is 11.8 Å². The molecule has 154 valence electrons. The summed E-state index contributed by atoms with van der Waals surface area (Å²) in [6.07, 6.45) is -1.85. The number of benzene rings is 2. The zero-order valence-corrected chi connectivity index (χ0v) is 15.5. The summed E-state index contributed by atoms with van der Waals surface area (Å²) >= 11 is 0. The van der Waals surface area contributed by atoms with Gasteiger partial charge in [0.25, 0.3) is 5.56 Å². The number of nitrogens with zero attached hydrogens (tertiary/aromatic N) is 2. The number of hydrogen-bond acceptors (Lipinski definition) is 4. The van der Waals surface area contributed by atoms with Crippen LogP contribution in [0.3, 0.4) is 0 Å². The Morgan fingerprint density at radius 3 is 2.50 bits per heavy atom. The van der Waals surface area contributed by atoms with Crippen LogP contribution >= 0.6 is 0 Å². The molecule has 0 aliphatic heterocycles. The zero-order chi connectivity index (χ0) is 21.5. The van der Waals surface area contributed by atoms with Crippen LogP contribution in [0, 0.1) is 5.92 Å². The van der Waals surface area contributed by atoms with E-state index in [0.29, 0.717) is 5.39 Å². The molecule has 9 heteroatoms. The number of hydrazone groups is 1. The lowest BCUT2D eigenvalue weighted by atomic mass is 10.1. The first-order valence-corrected chi connectivity index (χ1v) is 9.14. The summed E-state index contributed by atoms with van der Waals surface area (Å²) in [5.74, 6) is -0.907. The fourth-order valence-electron chi connectivity index (χ4n) is 3.15. The van der Waals surface area contributed by atoms with Crippen molar-refractivity contribution in [2.75, 3.05) is 0 Å². The van der Waals surface area contributed by atoms with Crippen LogP contribution in [-0.4, -0.2) is 21.8 Å². The number of nitrogens with one attached hydrogen (secondary N) is 1. The van der Waals surface area contributed by atoms with Crippen molar-refractivity contribution in [1.82, 2.24) is 9.99 Å². The molecule has 3 aromatic rings. The second kappa shape index (κ2) is 7.33. The molecule has 1 aliphatic rings. The van der Waals surface area contributed by atoms with Gasteiger partial charge >= 0.3 is 6.18 Å². The highest BCUT2D eigenvalue weighted by atomic mass is 19.4. The highest BCUT2D eigenvalue weighted by Gasteiger charge is 2.31. The van der Waals surface area contributed by atoms with Gasteiger partial charge in [0, 0.05) is 16.7 Å². The van der Waals surface area contributed by atoms with Crippen LogP contribution in [0.4, 0.5) is 13.2 Å². The van der Waals surface area contributed by atoms with Crippen LogP contribution in [0.15, 0.2) is 58.4 Å². The van der Waals surface area contributed by atoms with Crippen molar-refractivity contribution in [3.05, 3.63) is 70.0 Å². The average Bonchev–Trinajstić information content (AvgIpc) is 3.55. The third-order valence-electron chi connectivity index (χ3n) is 4.85. The molecule has 1 aromatic heterocycles. The average molecular weight is 415 g/mol. The third kappa shape index (κ3) is 3.66. The third-order valence-corrected chi connectivity index (χ3v) is 4.85. The van der Waals surface area contributed by atoms with E-state index in [1.54, 1.807) is 18.2 Å². The monoisotopic (exact) mass is 415 g/mol. The number of carbonyl (C=O) groups is 1. The summed E-state index contributed by atoms with van der Waals surface area (Å²) in [4.78, 5) is 24.7. The van der Waals surface area contributed by atoms with E-state index >= 15 is 0 Å². The highest BCUT2D eigenvalue weighted by Crippen LogP contribution is 2.32. The Hall–Kier alpha value is -3.62. The van der Waals surface area contributed by atoms with E-state index in [1.807, 2.05) is 0 Å². The van der Waals surface area contributed by atoms with Gasteiger partial charge in [0.1, 0.15) is 0 Å². The van der Waals surface area contributed by atoms with Gasteiger partial charge in [-0.3, -0.25) is 9.59 Å². The Kier molecular flexibility index (Phi) is 4.81. The van der Waals surface area contributed by atoms with Gasteiger partial charge in [-0.05, 0) is 37.1 Å². The summed E-state index contributed by atoms with van der Waals surface area (Å²) in [7, 11) is 0. The number of fused-ring (bicyclic) bond motifs is 1. The lowest BCUT2D eigenvalue weighted by Crippen LogP contribution is -2.22. The number of alkyl halides is 3. The Morgan fingerprint density at radius 2 is 1.83 bits per heavy atom. The summed E-state index contributed by atoms with van der Waals surface area (Å²) in [5.41, 5.74) is 0.692. The molecule has 4 rings (SSSR count). The molecule has 30 heavy (non-hydrogen) atoms. The Morgan fingerprint density at radius 1 is 1.13 bits per heavy atom. The number of hydrogen-bond donors (Lipinski definition) is 2. The molecule has 0 spiro atoms. The second-order valence-corrected chi connectivity index (χ2v) is 6.98. The van der Waals surface area contributed by atoms with Gasteiger partial charge in [0.05, 0.1) is 23.0 Å². The number of aromatic hydroxyl groups is 1. The zero-order valence-electron chi connectivity index (χ0n) is 15.5. The molecule has 2 aromatic carbocycles. The standard InChI is InChI=1S/C21H16F3N3O3/c22-21(23,24)13-4-3-5-14(10-13)27-19(29)16-7-2-1-6-15(16)17(20(27)30)11-25-26-18(28)12-8-9-12/h1-7,10-12,30H,8-9H2,(H,26,28)/b25-11+. The molecular weight excluding hydrogens is 399 g/mol. The van der Waals surface area contributed by atoms with Crippen molar-refractivity contribution in [2.45, 2.75) is 19.0 Å².